The molecule has 1 unspecified atom stereocenters. The number of ether oxygens (including phenoxy) is 1. The molecule has 0 saturated carbocycles. The summed E-state index contributed by atoms with van der Waals surface area (Å²) in [5.74, 6) is 0. The van der Waals surface area contributed by atoms with Crippen LogP contribution in [-0.2, 0) is 4.74 Å². The van der Waals surface area contributed by atoms with E-state index in [-0.39, 0.29) is 0 Å². The Bertz CT molecular complexity index is 100. The lowest BCUT2D eigenvalue weighted by atomic mass is 10.3. The fraction of sp³-hybridized carbons (Fsp3) is 1.00. The summed E-state index contributed by atoms with van der Waals surface area (Å²) in [6, 6.07) is 0. The molecule has 0 N–H and O–H groups in total. The predicted molar refractivity (Wildman–Crippen MR) is 36.4 cm³/mol. The van der Waals surface area contributed by atoms with Crippen molar-refractivity contribution in [2.45, 2.75) is 39.0 Å². The van der Waals surface area contributed by atoms with Gasteiger partial charge in [0.15, 0.2) is 0 Å². The minimum Gasteiger partial charge on any atom is -0.378 e. The van der Waals surface area contributed by atoms with Gasteiger partial charge in [0.2, 0.25) is 0 Å². The Balaban J connectivity index is 3.44. The van der Waals surface area contributed by atoms with Crippen LogP contribution in [-0.4, -0.2) is 18.9 Å². The van der Waals surface area contributed by atoms with Crippen molar-refractivity contribution < 1.29 is 17.9 Å². The fourth-order valence-electron chi connectivity index (χ4n) is 0.704. The third-order valence-electron chi connectivity index (χ3n) is 1.13. The molecule has 0 radical (unpaired) electrons. The van der Waals surface area contributed by atoms with Crippen molar-refractivity contribution in [3.8, 4) is 0 Å². The van der Waals surface area contributed by atoms with Gasteiger partial charge in [-0.25, -0.2) is 0 Å². The molecule has 0 aromatic carbocycles. The van der Waals surface area contributed by atoms with Crippen LogP contribution in [0.4, 0.5) is 13.2 Å². The third kappa shape index (κ3) is 7.65. The summed E-state index contributed by atoms with van der Waals surface area (Å²) < 4.78 is 39.8. The molecule has 1 nitrogen and oxygen atoms in total. The van der Waals surface area contributed by atoms with Crippen LogP contribution in [0.25, 0.3) is 0 Å². The molecule has 0 saturated heterocycles. The molecule has 0 aromatic rings. The number of hydrogen-bond acceptors (Lipinski definition) is 1. The van der Waals surface area contributed by atoms with Gasteiger partial charge in [0.25, 0.3) is 0 Å². The summed E-state index contributed by atoms with van der Waals surface area (Å²) in [5, 5.41) is 0. The second-order valence-electron chi connectivity index (χ2n) is 2.50. The molecule has 0 aromatic heterocycles. The zero-order valence-corrected chi connectivity index (χ0v) is 6.74. The average molecular weight is 170 g/mol. The topological polar surface area (TPSA) is 9.23 Å². The Hall–Kier alpha value is -0.250. The van der Waals surface area contributed by atoms with Crippen LogP contribution in [0, 0.1) is 0 Å². The highest BCUT2D eigenvalue weighted by Gasteiger charge is 2.30. The van der Waals surface area contributed by atoms with Crippen LogP contribution in [0.1, 0.15) is 26.7 Å². The van der Waals surface area contributed by atoms with Gasteiger partial charge < -0.3 is 4.74 Å². The molecular formula is C7H13F3O. The molecule has 4 heteroatoms. The van der Waals surface area contributed by atoms with Crippen LogP contribution in [0.5, 0.6) is 0 Å². The monoisotopic (exact) mass is 170 g/mol. The molecule has 0 aliphatic heterocycles. The van der Waals surface area contributed by atoms with E-state index >= 15 is 0 Å². The fourth-order valence-corrected chi connectivity index (χ4v) is 0.704. The van der Waals surface area contributed by atoms with E-state index in [0.717, 1.165) is 6.42 Å². The Kier molecular flexibility index (Phi) is 4.49. The van der Waals surface area contributed by atoms with Crippen molar-refractivity contribution in [2.75, 3.05) is 6.61 Å². The van der Waals surface area contributed by atoms with Gasteiger partial charge in [0.1, 0.15) is 0 Å². The zero-order chi connectivity index (χ0) is 8.91. The zero-order valence-electron chi connectivity index (χ0n) is 6.74. The highest BCUT2D eigenvalue weighted by Crippen LogP contribution is 2.22. The maximum absolute atomic E-state index is 11.7. The molecular weight excluding hydrogens is 157 g/mol. The number of rotatable bonds is 4. The second kappa shape index (κ2) is 4.59. The summed E-state index contributed by atoms with van der Waals surface area (Å²) in [4.78, 5) is 0. The van der Waals surface area contributed by atoms with Crippen LogP contribution < -0.4 is 0 Å². The standard InChI is InChI=1S/C7H13F3O/c1-3-4-11-6(2)5-7(8,9)10/h6H,3-5H2,1-2H3. The van der Waals surface area contributed by atoms with E-state index in [9.17, 15) is 13.2 Å². The number of alkyl halides is 3. The van der Waals surface area contributed by atoms with E-state index in [0.29, 0.717) is 6.61 Å². The van der Waals surface area contributed by atoms with Gasteiger partial charge in [-0.15, -0.1) is 0 Å². The minimum atomic E-state index is -4.10. The van der Waals surface area contributed by atoms with Crippen molar-refractivity contribution in [1.29, 1.82) is 0 Å². The Labute approximate surface area is 64.5 Å². The van der Waals surface area contributed by atoms with Gasteiger partial charge in [-0.2, -0.15) is 13.2 Å². The average Bonchev–Trinajstić information content (AvgIpc) is 1.79. The van der Waals surface area contributed by atoms with Gasteiger partial charge in [-0.3, -0.25) is 0 Å². The highest BCUT2D eigenvalue weighted by atomic mass is 19.4. The van der Waals surface area contributed by atoms with E-state index in [1.807, 2.05) is 6.92 Å². The van der Waals surface area contributed by atoms with Crippen LogP contribution >= 0.6 is 0 Å². The SMILES string of the molecule is CCCOC(C)CC(F)(F)F. The summed E-state index contributed by atoms with van der Waals surface area (Å²) in [7, 11) is 0. The quantitative estimate of drug-likeness (QED) is 0.630. The third-order valence-corrected chi connectivity index (χ3v) is 1.13. The lowest BCUT2D eigenvalue weighted by Crippen LogP contribution is -2.19. The van der Waals surface area contributed by atoms with Crippen molar-refractivity contribution in [2.24, 2.45) is 0 Å². The van der Waals surface area contributed by atoms with E-state index in [1.165, 1.54) is 6.92 Å². The summed E-state index contributed by atoms with van der Waals surface area (Å²) >= 11 is 0. The summed E-state index contributed by atoms with van der Waals surface area (Å²) in [5.41, 5.74) is 0. The van der Waals surface area contributed by atoms with Gasteiger partial charge in [0, 0.05) is 6.61 Å². The van der Waals surface area contributed by atoms with Gasteiger partial charge in [-0.05, 0) is 13.3 Å². The van der Waals surface area contributed by atoms with Crippen molar-refractivity contribution in [3.63, 3.8) is 0 Å². The lowest BCUT2D eigenvalue weighted by molar-refractivity contribution is -0.158. The largest absolute Gasteiger partial charge is 0.391 e. The predicted octanol–water partition coefficient (Wildman–Crippen LogP) is 2.75. The molecule has 11 heavy (non-hydrogen) atoms. The molecule has 0 amide bonds. The number of halogens is 3. The normalized spacial score (nSPS) is 15.0. The first-order valence-corrected chi connectivity index (χ1v) is 3.64. The maximum Gasteiger partial charge on any atom is 0.391 e. The van der Waals surface area contributed by atoms with Crippen LogP contribution in [0.15, 0.2) is 0 Å². The molecule has 0 aliphatic carbocycles. The molecule has 0 spiro atoms. The molecule has 0 heterocycles. The van der Waals surface area contributed by atoms with Crippen molar-refractivity contribution in [1.82, 2.24) is 0 Å². The van der Waals surface area contributed by atoms with Crippen LogP contribution in [0.3, 0.4) is 0 Å². The smallest absolute Gasteiger partial charge is 0.378 e. The molecule has 0 rings (SSSR count). The first kappa shape index (κ1) is 10.8. The second-order valence-corrected chi connectivity index (χ2v) is 2.50. The van der Waals surface area contributed by atoms with Crippen molar-refractivity contribution in [3.05, 3.63) is 0 Å². The lowest BCUT2D eigenvalue weighted by Gasteiger charge is -2.13. The molecule has 0 bridgehead atoms. The molecule has 68 valence electrons. The minimum absolute atomic E-state index is 0.400. The Morgan fingerprint density at radius 3 is 2.27 bits per heavy atom. The maximum atomic E-state index is 11.7. The first-order chi connectivity index (χ1) is 4.95. The van der Waals surface area contributed by atoms with Gasteiger partial charge in [0.05, 0.1) is 12.5 Å². The summed E-state index contributed by atoms with van der Waals surface area (Å²) in [6.45, 7) is 3.70. The van der Waals surface area contributed by atoms with Gasteiger partial charge >= 0.3 is 6.18 Å². The number of hydrogen-bond donors (Lipinski definition) is 0. The van der Waals surface area contributed by atoms with Crippen molar-refractivity contribution >= 4 is 0 Å². The van der Waals surface area contributed by atoms with Gasteiger partial charge in [-0.1, -0.05) is 6.92 Å². The molecule has 0 fully saturated rings. The first-order valence-electron chi connectivity index (χ1n) is 3.64. The van der Waals surface area contributed by atoms with E-state index in [2.05, 4.69) is 0 Å². The Morgan fingerprint density at radius 2 is 1.91 bits per heavy atom. The van der Waals surface area contributed by atoms with E-state index in [1.54, 1.807) is 0 Å². The van der Waals surface area contributed by atoms with E-state index < -0.39 is 18.7 Å². The molecule has 1 atom stereocenters. The molecule has 0 aliphatic rings. The highest BCUT2D eigenvalue weighted by molar-refractivity contribution is 4.57. The van der Waals surface area contributed by atoms with E-state index in [4.69, 9.17) is 4.74 Å². The van der Waals surface area contributed by atoms with Crippen LogP contribution in [0.2, 0.25) is 0 Å². The summed E-state index contributed by atoms with van der Waals surface area (Å²) in [6.07, 6.45) is -4.92. The Morgan fingerprint density at radius 1 is 1.36 bits per heavy atom.